The van der Waals surface area contributed by atoms with Gasteiger partial charge in [0.05, 0.1) is 6.73 Å². The SMILES string of the molecule is O=C(Nc1ccc(CN2CCN(CO)CC2)cc1)c1ccc(Cl)cc1. The van der Waals surface area contributed by atoms with Gasteiger partial charge in [-0.25, -0.2) is 0 Å². The highest BCUT2D eigenvalue weighted by molar-refractivity contribution is 6.30. The number of rotatable bonds is 5. The van der Waals surface area contributed by atoms with Crippen molar-refractivity contribution in [2.75, 3.05) is 38.2 Å². The largest absolute Gasteiger partial charge is 0.381 e. The van der Waals surface area contributed by atoms with Gasteiger partial charge in [-0.3, -0.25) is 14.6 Å². The Morgan fingerprint density at radius 3 is 2.16 bits per heavy atom. The van der Waals surface area contributed by atoms with Gasteiger partial charge in [-0.2, -0.15) is 0 Å². The van der Waals surface area contributed by atoms with Crippen molar-refractivity contribution in [3.8, 4) is 0 Å². The number of aliphatic hydroxyl groups is 1. The number of nitrogens with one attached hydrogen (secondary N) is 1. The second-order valence-electron chi connectivity index (χ2n) is 6.19. The van der Waals surface area contributed by atoms with E-state index in [1.54, 1.807) is 24.3 Å². The van der Waals surface area contributed by atoms with Crippen LogP contribution in [0.1, 0.15) is 15.9 Å². The van der Waals surface area contributed by atoms with Gasteiger partial charge < -0.3 is 10.4 Å². The van der Waals surface area contributed by atoms with Crippen LogP contribution in [-0.2, 0) is 6.54 Å². The van der Waals surface area contributed by atoms with E-state index in [0.29, 0.717) is 10.6 Å². The lowest BCUT2D eigenvalue weighted by Gasteiger charge is -2.33. The predicted octanol–water partition coefficient (Wildman–Crippen LogP) is 2.66. The van der Waals surface area contributed by atoms with E-state index in [4.69, 9.17) is 16.7 Å². The number of nitrogens with zero attached hydrogens (tertiary/aromatic N) is 2. The summed E-state index contributed by atoms with van der Waals surface area (Å²) in [5, 5.41) is 12.6. The summed E-state index contributed by atoms with van der Waals surface area (Å²) in [7, 11) is 0. The molecule has 1 aliphatic heterocycles. The number of amides is 1. The third-order valence-electron chi connectivity index (χ3n) is 4.39. The van der Waals surface area contributed by atoms with Gasteiger partial charge in [0, 0.05) is 49.0 Å². The molecule has 0 aromatic heterocycles. The maximum Gasteiger partial charge on any atom is 0.255 e. The van der Waals surface area contributed by atoms with Crippen LogP contribution in [0, 0.1) is 0 Å². The van der Waals surface area contributed by atoms with Gasteiger partial charge in [0.25, 0.3) is 5.91 Å². The van der Waals surface area contributed by atoms with Crippen LogP contribution in [0.25, 0.3) is 0 Å². The molecule has 0 atom stereocenters. The van der Waals surface area contributed by atoms with Gasteiger partial charge in [-0.05, 0) is 42.0 Å². The fraction of sp³-hybridized carbons (Fsp3) is 0.316. The molecule has 2 aromatic carbocycles. The molecule has 1 amide bonds. The maximum atomic E-state index is 12.2. The fourth-order valence-electron chi connectivity index (χ4n) is 2.85. The zero-order valence-electron chi connectivity index (χ0n) is 14.0. The molecule has 1 saturated heterocycles. The van der Waals surface area contributed by atoms with Crippen LogP contribution >= 0.6 is 11.6 Å². The number of carbonyl (C=O) groups is 1. The molecule has 132 valence electrons. The number of hydrogen-bond acceptors (Lipinski definition) is 4. The van der Waals surface area contributed by atoms with Crippen molar-refractivity contribution in [2.45, 2.75) is 6.54 Å². The normalized spacial score (nSPS) is 15.9. The molecule has 2 N–H and O–H groups in total. The Balaban J connectivity index is 1.53. The lowest BCUT2D eigenvalue weighted by molar-refractivity contribution is 0.0518. The van der Waals surface area contributed by atoms with E-state index in [-0.39, 0.29) is 12.6 Å². The van der Waals surface area contributed by atoms with Gasteiger partial charge >= 0.3 is 0 Å². The minimum atomic E-state index is -0.149. The highest BCUT2D eigenvalue weighted by atomic mass is 35.5. The van der Waals surface area contributed by atoms with Crippen molar-refractivity contribution in [2.24, 2.45) is 0 Å². The first-order valence-corrected chi connectivity index (χ1v) is 8.73. The minimum Gasteiger partial charge on any atom is -0.381 e. The molecule has 0 unspecified atom stereocenters. The van der Waals surface area contributed by atoms with E-state index >= 15 is 0 Å². The zero-order valence-corrected chi connectivity index (χ0v) is 14.7. The van der Waals surface area contributed by atoms with E-state index in [2.05, 4.69) is 10.2 Å². The molecule has 0 spiro atoms. The summed E-state index contributed by atoms with van der Waals surface area (Å²) in [6, 6.07) is 14.7. The van der Waals surface area contributed by atoms with Crippen LogP contribution in [0.5, 0.6) is 0 Å². The number of benzene rings is 2. The highest BCUT2D eigenvalue weighted by Gasteiger charge is 2.16. The molecule has 5 nitrogen and oxygen atoms in total. The second-order valence-corrected chi connectivity index (χ2v) is 6.63. The van der Waals surface area contributed by atoms with Crippen LogP contribution in [0.3, 0.4) is 0 Å². The van der Waals surface area contributed by atoms with Crippen molar-refractivity contribution in [3.05, 3.63) is 64.7 Å². The maximum absolute atomic E-state index is 12.2. The molecule has 0 aliphatic carbocycles. The first kappa shape index (κ1) is 17.9. The van der Waals surface area contributed by atoms with Crippen LogP contribution in [0.4, 0.5) is 5.69 Å². The van der Waals surface area contributed by atoms with Crippen LogP contribution in [0.2, 0.25) is 5.02 Å². The Hall–Kier alpha value is -1.92. The smallest absolute Gasteiger partial charge is 0.255 e. The topological polar surface area (TPSA) is 55.8 Å². The van der Waals surface area contributed by atoms with Crippen molar-refractivity contribution >= 4 is 23.2 Å². The number of aliphatic hydroxyl groups excluding tert-OH is 1. The van der Waals surface area contributed by atoms with E-state index in [0.717, 1.165) is 38.4 Å². The number of halogens is 1. The quantitative estimate of drug-likeness (QED) is 0.861. The Labute approximate surface area is 152 Å². The molecule has 1 fully saturated rings. The van der Waals surface area contributed by atoms with Crippen molar-refractivity contribution in [3.63, 3.8) is 0 Å². The molecular formula is C19H22ClN3O2. The minimum absolute atomic E-state index is 0.135. The number of anilines is 1. The van der Waals surface area contributed by atoms with Crippen LogP contribution in [-0.4, -0.2) is 53.7 Å². The van der Waals surface area contributed by atoms with Gasteiger partial charge in [0.2, 0.25) is 0 Å². The first-order chi connectivity index (χ1) is 12.1. The van der Waals surface area contributed by atoms with E-state index in [9.17, 15) is 4.79 Å². The molecule has 2 aromatic rings. The highest BCUT2D eigenvalue weighted by Crippen LogP contribution is 2.15. The number of hydrogen-bond donors (Lipinski definition) is 2. The molecule has 1 heterocycles. The predicted molar refractivity (Wildman–Crippen MR) is 99.8 cm³/mol. The molecule has 25 heavy (non-hydrogen) atoms. The van der Waals surface area contributed by atoms with Crippen LogP contribution in [0.15, 0.2) is 48.5 Å². The van der Waals surface area contributed by atoms with Gasteiger partial charge in [0.15, 0.2) is 0 Å². The third-order valence-corrected chi connectivity index (χ3v) is 4.64. The number of carbonyl (C=O) groups excluding carboxylic acids is 1. The standard InChI is InChI=1S/C19H22ClN3O2/c20-17-5-3-16(4-6-17)19(25)21-18-7-1-15(2-8-18)13-22-9-11-23(14-24)12-10-22/h1-8,24H,9-14H2,(H,21,25). The summed E-state index contributed by atoms with van der Waals surface area (Å²) in [6.45, 7) is 4.71. The van der Waals surface area contributed by atoms with Crippen LogP contribution < -0.4 is 5.32 Å². The Morgan fingerprint density at radius 2 is 1.56 bits per heavy atom. The molecule has 0 bridgehead atoms. The number of piperazine rings is 1. The van der Waals surface area contributed by atoms with E-state index in [1.807, 2.05) is 29.2 Å². The Morgan fingerprint density at radius 1 is 0.960 bits per heavy atom. The lowest BCUT2D eigenvalue weighted by atomic mass is 10.1. The summed E-state index contributed by atoms with van der Waals surface area (Å²) in [5.41, 5.74) is 2.56. The summed E-state index contributed by atoms with van der Waals surface area (Å²) in [6.07, 6.45) is 0. The average molecular weight is 360 g/mol. The molecule has 1 aliphatic rings. The molecule has 6 heteroatoms. The van der Waals surface area contributed by atoms with Crippen molar-refractivity contribution in [1.82, 2.24) is 9.80 Å². The molecule has 3 rings (SSSR count). The molecule has 0 saturated carbocycles. The Bertz CT molecular complexity index is 696. The van der Waals surface area contributed by atoms with E-state index < -0.39 is 0 Å². The summed E-state index contributed by atoms with van der Waals surface area (Å²) in [4.78, 5) is 16.6. The van der Waals surface area contributed by atoms with Gasteiger partial charge in [-0.1, -0.05) is 23.7 Å². The van der Waals surface area contributed by atoms with Gasteiger partial charge in [-0.15, -0.1) is 0 Å². The third kappa shape index (κ3) is 5.03. The Kier molecular flexibility index (Phi) is 6.04. The zero-order chi connectivity index (χ0) is 17.6. The summed E-state index contributed by atoms with van der Waals surface area (Å²) in [5.74, 6) is -0.149. The molecule has 0 radical (unpaired) electrons. The summed E-state index contributed by atoms with van der Waals surface area (Å²) >= 11 is 5.84. The summed E-state index contributed by atoms with van der Waals surface area (Å²) < 4.78 is 0. The fourth-order valence-corrected chi connectivity index (χ4v) is 2.97. The van der Waals surface area contributed by atoms with Gasteiger partial charge in [0.1, 0.15) is 0 Å². The van der Waals surface area contributed by atoms with Crippen molar-refractivity contribution in [1.29, 1.82) is 0 Å². The second kappa shape index (κ2) is 8.45. The first-order valence-electron chi connectivity index (χ1n) is 8.35. The monoisotopic (exact) mass is 359 g/mol. The lowest BCUT2D eigenvalue weighted by Crippen LogP contribution is -2.46. The van der Waals surface area contributed by atoms with E-state index in [1.165, 1.54) is 5.56 Å². The average Bonchev–Trinajstić information content (AvgIpc) is 2.64. The van der Waals surface area contributed by atoms with Crippen molar-refractivity contribution < 1.29 is 9.90 Å². The molecular weight excluding hydrogens is 338 g/mol.